The molecule has 2 aromatic heterocycles. The largest absolute Gasteiger partial charge is 0.490 e. The van der Waals surface area contributed by atoms with Crippen molar-refractivity contribution in [2.75, 3.05) is 25.9 Å². The molecular formula is C27H39N8O9S2+. The number of thiazole rings is 1. The number of carbonyl (C=O) groups excluding carboxylic acids is 2. The molecule has 7 N–H and O–H groups in total. The average molecular weight is 684 g/mol. The van der Waals surface area contributed by atoms with Gasteiger partial charge in [0.05, 0.1) is 24.3 Å². The number of nitrogens with zero attached hydrogens (tertiary/aromatic N) is 5. The number of benzene rings is 1. The Morgan fingerprint density at radius 1 is 1.28 bits per heavy atom. The maximum atomic E-state index is 11.2. The van der Waals surface area contributed by atoms with Gasteiger partial charge in [-0.1, -0.05) is 17.3 Å². The minimum absolute atomic E-state index is 0.0933. The summed E-state index contributed by atoms with van der Waals surface area (Å²) >= 11 is 1.23. The lowest BCUT2D eigenvalue weighted by molar-refractivity contribution is -0.753. The van der Waals surface area contributed by atoms with Crippen LogP contribution in [0.5, 0.6) is 5.75 Å². The predicted molar refractivity (Wildman–Crippen MR) is 169 cm³/mol. The van der Waals surface area contributed by atoms with Crippen molar-refractivity contribution in [1.29, 1.82) is 0 Å². The van der Waals surface area contributed by atoms with Gasteiger partial charge < -0.3 is 31.5 Å². The van der Waals surface area contributed by atoms with Crippen molar-refractivity contribution in [2.24, 2.45) is 17.9 Å². The summed E-state index contributed by atoms with van der Waals surface area (Å²) < 4.78 is 40.0. The molecule has 1 saturated heterocycles. The van der Waals surface area contributed by atoms with Gasteiger partial charge in [0, 0.05) is 5.38 Å². The zero-order valence-electron chi connectivity index (χ0n) is 25.7. The van der Waals surface area contributed by atoms with E-state index in [1.165, 1.54) is 18.3 Å². The quantitative estimate of drug-likeness (QED) is 0.0400. The highest BCUT2D eigenvalue weighted by Gasteiger charge is 2.49. The van der Waals surface area contributed by atoms with Crippen molar-refractivity contribution < 1.29 is 46.7 Å². The summed E-state index contributed by atoms with van der Waals surface area (Å²) in [6, 6.07) is 6.83. The number of rotatable bonds is 13. The van der Waals surface area contributed by atoms with E-state index in [4.69, 9.17) is 35.5 Å². The fraction of sp³-hybridized carbons (Fsp3) is 0.407. The molecule has 1 amide bonds. The van der Waals surface area contributed by atoms with E-state index in [1.807, 2.05) is 31.3 Å². The lowest BCUT2D eigenvalue weighted by Crippen LogP contribution is -2.69. The number of oxime groups is 1. The van der Waals surface area contributed by atoms with E-state index in [2.05, 4.69) is 37.2 Å². The molecule has 46 heavy (non-hydrogen) atoms. The first kappa shape index (κ1) is 37.8. The van der Waals surface area contributed by atoms with Crippen molar-refractivity contribution in [3.05, 3.63) is 47.7 Å². The van der Waals surface area contributed by atoms with E-state index >= 15 is 0 Å². The van der Waals surface area contributed by atoms with Crippen molar-refractivity contribution in [3.63, 3.8) is 0 Å². The number of likely N-dealkylation sites (N-methyl/N-ethyl adjacent to an activating group) is 1. The molecule has 0 aliphatic carbocycles. The molecule has 252 valence electrons. The van der Waals surface area contributed by atoms with Crippen molar-refractivity contribution in [2.45, 2.75) is 45.0 Å². The van der Waals surface area contributed by atoms with Crippen molar-refractivity contribution in [3.8, 4) is 16.9 Å². The summed E-state index contributed by atoms with van der Waals surface area (Å²) in [7, 11) is -0.793. The Labute approximate surface area is 270 Å². The number of nitrogens with one attached hydrogen (secondary N) is 1. The van der Waals surface area contributed by atoms with Gasteiger partial charge in [-0.3, -0.25) is 18.9 Å². The Morgan fingerprint density at radius 3 is 2.43 bits per heavy atom. The smallest absolute Gasteiger partial charge is 0.362 e. The van der Waals surface area contributed by atoms with Gasteiger partial charge in [-0.2, -0.15) is 13.1 Å². The van der Waals surface area contributed by atoms with Gasteiger partial charge in [0.2, 0.25) is 6.20 Å². The number of carbonyl (C=O) groups is 3. The van der Waals surface area contributed by atoms with E-state index in [0.29, 0.717) is 28.0 Å². The summed E-state index contributed by atoms with van der Waals surface area (Å²) in [5.41, 5.74) is 13.9. The van der Waals surface area contributed by atoms with E-state index < -0.39 is 28.3 Å². The van der Waals surface area contributed by atoms with E-state index in [1.54, 1.807) is 19.4 Å². The third-order valence-electron chi connectivity index (χ3n) is 6.41. The molecule has 3 atom stereocenters. The Kier molecular flexibility index (Phi) is 14.7. The Hall–Kier alpha value is -4.43. The van der Waals surface area contributed by atoms with Crippen LogP contribution < -0.4 is 26.2 Å². The number of hydrogen-bond donors (Lipinski definition) is 5. The lowest BCUT2D eigenvalue weighted by atomic mass is 10.0. The van der Waals surface area contributed by atoms with Gasteiger partial charge in [0.1, 0.15) is 24.1 Å². The molecule has 4 rings (SSSR count). The fourth-order valence-electron chi connectivity index (χ4n) is 4.14. The van der Waals surface area contributed by atoms with Crippen LogP contribution in [0.4, 0.5) is 5.13 Å². The predicted octanol–water partition coefficient (Wildman–Crippen LogP) is 0.0629. The number of nitrogen functional groups attached to an aromatic ring is 1. The summed E-state index contributed by atoms with van der Waals surface area (Å²) in [6.07, 6.45) is 5.36. The van der Waals surface area contributed by atoms with Crippen LogP contribution in [0.25, 0.3) is 11.1 Å². The van der Waals surface area contributed by atoms with Crippen LogP contribution in [0.1, 0.15) is 26.0 Å². The monoisotopic (exact) mass is 683 g/mol. The van der Waals surface area contributed by atoms with Crippen molar-refractivity contribution in [1.82, 2.24) is 19.3 Å². The maximum absolute atomic E-state index is 11.2. The highest BCUT2D eigenvalue weighted by molar-refractivity contribution is 7.84. The zero-order valence-corrected chi connectivity index (χ0v) is 27.3. The number of aryl methyl sites for hydroxylation is 2. The van der Waals surface area contributed by atoms with Gasteiger partial charge >= 0.3 is 10.3 Å². The minimum atomic E-state index is -4.36. The first-order valence-electron chi connectivity index (χ1n) is 13.8. The summed E-state index contributed by atoms with van der Waals surface area (Å²) in [5, 5.41) is 15.4. The Morgan fingerprint density at radius 2 is 1.93 bits per heavy atom. The number of aromatic nitrogens is 3. The minimum Gasteiger partial charge on any atom is -0.490 e. The van der Waals surface area contributed by atoms with Crippen LogP contribution in [0.3, 0.4) is 0 Å². The molecule has 1 aliphatic rings. The van der Waals surface area contributed by atoms with Crippen LogP contribution in [-0.2, 0) is 43.1 Å². The van der Waals surface area contributed by atoms with Gasteiger partial charge in [-0.05, 0) is 51.6 Å². The molecular weight excluding hydrogens is 644 g/mol. The molecule has 0 bridgehead atoms. The van der Waals surface area contributed by atoms with Crippen LogP contribution >= 0.6 is 11.3 Å². The molecule has 1 fully saturated rings. The molecule has 0 radical (unpaired) electrons. The molecule has 17 nitrogen and oxygen atoms in total. The fourth-order valence-corrected chi connectivity index (χ4v) is 5.58. The Balaban J connectivity index is 0.000000407. The highest BCUT2D eigenvalue weighted by Crippen LogP contribution is 2.23. The molecule has 1 aromatic carbocycles. The standard InChI is InChI=1S/C21H27N6O3S.C5H10N2O4S.CH2O2/c1-15(30-25-19(12-28)20-14-31-21(23)24-20)13-29-18-6-4-16(5-7-18)17-10-26(2)27(11-17)9-3-8-22;1-3-4(6-2)5(8)7(3)12(9,10)11;2-1-3/h4-7,10-12,14-15H,3,8-9,13,22H2,1-2H3,(H2,23,24);3-4,6H,1-2H3,(H,9,10,11);1H,(H,2,3)/q+1;;/b25-19+;;. The molecule has 0 saturated carbocycles. The second-order valence-corrected chi connectivity index (χ2v) is 11.9. The number of ether oxygens (including phenoxy) is 1. The van der Waals surface area contributed by atoms with E-state index in [0.717, 1.165) is 29.8 Å². The van der Waals surface area contributed by atoms with Crippen LogP contribution in [0, 0.1) is 0 Å². The second-order valence-electron chi connectivity index (χ2n) is 9.73. The summed E-state index contributed by atoms with van der Waals surface area (Å²) in [5.74, 6) is 0.102. The average Bonchev–Trinajstić information content (AvgIpc) is 3.60. The number of β-lactam (4-membered cyclic amide) rings is 1. The number of amides is 1. The molecule has 3 unspecified atom stereocenters. The summed E-state index contributed by atoms with van der Waals surface area (Å²) in [6.45, 7) is 4.92. The topological polar surface area (TPSA) is 246 Å². The number of nitrogens with two attached hydrogens (primary N) is 2. The first-order valence-corrected chi connectivity index (χ1v) is 16.0. The third-order valence-corrected chi connectivity index (χ3v) is 8.09. The zero-order chi connectivity index (χ0) is 34.4. The number of anilines is 1. The Bertz CT molecular complexity index is 1580. The molecule has 0 spiro atoms. The van der Waals surface area contributed by atoms with Gasteiger partial charge in [-0.15, -0.1) is 16.0 Å². The summed E-state index contributed by atoms with van der Waals surface area (Å²) in [4.78, 5) is 39.9. The molecule has 3 heterocycles. The van der Waals surface area contributed by atoms with Crippen LogP contribution in [0.15, 0.2) is 47.2 Å². The maximum Gasteiger partial charge on any atom is 0.362 e. The molecule has 19 heteroatoms. The highest BCUT2D eigenvalue weighted by atomic mass is 32.2. The lowest BCUT2D eigenvalue weighted by Gasteiger charge is -2.41. The normalized spacial score (nSPS) is 16.6. The van der Waals surface area contributed by atoms with Gasteiger partial charge in [-0.25, -0.2) is 9.29 Å². The van der Waals surface area contributed by atoms with Gasteiger partial charge in [0.15, 0.2) is 30.3 Å². The van der Waals surface area contributed by atoms with E-state index in [-0.39, 0.29) is 24.9 Å². The van der Waals surface area contributed by atoms with E-state index in [9.17, 15) is 18.0 Å². The number of carboxylic acid groups (broad SMARTS) is 1. The third kappa shape index (κ3) is 10.6. The molecule has 1 aliphatic heterocycles. The SMILES string of the molecule is CC(COc1ccc(-c2cn(CCCN)[n+](C)c2)cc1)O/N=C(\C=O)c1csc(N)n1.CNC1C(=O)N(S(=O)(=O)O)C1C.O=CO. The number of hydrogen-bond acceptors (Lipinski definition) is 13. The van der Waals surface area contributed by atoms with Crippen molar-refractivity contribution >= 4 is 51.1 Å². The van der Waals surface area contributed by atoms with Crippen LogP contribution in [0.2, 0.25) is 0 Å². The number of aldehydes is 1. The van der Waals surface area contributed by atoms with Crippen LogP contribution in [-0.4, -0.2) is 94.8 Å². The second kappa shape index (κ2) is 17.9. The molecule has 3 aromatic rings. The van der Waals surface area contributed by atoms with Gasteiger partial charge in [0.25, 0.3) is 12.4 Å². The first-order chi connectivity index (χ1) is 21.8.